The molecule has 5 heteroatoms. The van der Waals surface area contributed by atoms with Crippen molar-refractivity contribution in [3.05, 3.63) is 53.9 Å². The number of hydrogen-bond donors (Lipinski definition) is 1. The standard InChI is InChI=1S/C14H14N2O3/c1-18-13-7-11(14(15)17)4-5-12(13)19-9-10-3-2-6-16-8-10/h2-8H,9H2,1H3,(H2,15,17). The summed E-state index contributed by atoms with van der Waals surface area (Å²) in [6.45, 7) is 0.375. The van der Waals surface area contributed by atoms with E-state index in [1.807, 2.05) is 12.1 Å². The van der Waals surface area contributed by atoms with E-state index in [2.05, 4.69) is 4.98 Å². The zero-order valence-electron chi connectivity index (χ0n) is 10.5. The van der Waals surface area contributed by atoms with Gasteiger partial charge in [-0.2, -0.15) is 0 Å². The van der Waals surface area contributed by atoms with Gasteiger partial charge in [-0.15, -0.1) is 0 Å². The molecule has 5 nitrogen and oxygen atoms in total. The maximum Gasteiger partial charge on any atom is 0.248 e. The van der Waals surface area contributed by atoms with Crippen molar-refractivity contribution < 1.29 is 14.3 Å². The molecule has 1 aromatic carbocycles. The number of nitrogens with zero attached hydrogens (tertiary/aromatic N) is 1. The molecule has 0 aliphatic heterocycles. The summed E-state index contributed by atoms with van der Waals surface area (Å²) in [5.74, 6) is 0.522. The molecule has 98 valence electrons. The molecule has 2 rings (SSSR count). The van der Waals surface area contributed by atoms with Gasteiger partial charge in [-0.3, -0.25) is 9.78 Å². The normalized spacial score (nSPS) is 9.95. The van der Waals surface area contributed by atoms with Crippen LogP contribution in [-0.2, 0) is 6.61 Å². The number of methoxy groups -OCH3 is 1. The van der Waals surface area contributed by atoms with Gasteiger partial charge in [0.2, 0.25) is 5.91 Å². The van der Waals surface area contributed by atoms with Crippen molar-refractivity contribution in [2.24, 2.45) is 5.73 Å². The molecule has 19 heavy (non-hydrogen) atoms. The average Bonchev–Trinajstić information content (AvgIpc) is 2.45. The number of carbonyl (C=O) groups excluding carboxylic acids is 1. The number of nitrogens with two attached hydrogens (primary N) is 1. The van der Waals surface area contributed by atoms with Gasteiger partial charge < -0.3 is 15.2 Å². The molecule has 0 aliphatic rings. The molecule has 2 aromatic rings. The second-order valence-corrected chi connectivity index (χ2v) is 3.88. The van der Waals surface area contributed by atoms with E-state index in [-0.39, 0.29) is 0 Å². The maximum atomic E-state index is 11.1. The van der Waals surface area contributed by atoms with Crippen LogP contribution in [0.4, 0.5) is 0 Å². The lowest BCUT2D eigenvalue weighted by Crippen LogP contribution is -2.11. The Balaban J connectivity index is 2.14. The fourth-order valence-corrected chi connectivity index (χ4v) is 1.58. The van der Waals surface area contributed by atoms with E-state index in [0.29, 0.717) is 23.7 Å². The summed E-state index contributed by atoms with van der Waals surface area (Å²) in [6.07, 6.45) is 3.43. The SMILES string of the molecule is COc1cc(C(N)=O)ccc1OCc1cccnc1. The molecule has 1 aromatic heterocycles. The Labute approximate surface area is 111 Å². The van der Waals surface area contributed by atoms with Crippen molar-refractivity contribution in [2.45, 2.75) is 6.61 Å². The van der Waals surface area contributed by atoms with Gasteiger partial charge in [-0.25, -0.2) is 0 Å². The van der Waals surface area contributed by atoms with E-state index >= 15 is 0 Å². The molecule has 0 spiro atoms. The van der Waals surface area contributed by atoms with E-state index in [1.165, 1.54) is 7.11 Å². The maximum absolute atomic E-state index is 11.1. The minimum absolute atomic E-state index is 0.375. The Hall–Kier alpha value is -2.56. The van der Waals surface area contributed by atoms with Crippen LogP contribution in [0.3, 0.4) is 0 Å². The number of pyridine rings is 1. The number of aromatic nitrogens is 1. The first-order valence-electron chi connectivity index (χ1n) is 5.70. The third kappa shape index (κ3) is 3.22. The van der Waals surface area contributed by atoms with Crippen molar-refractivity contribution in [1.82, 2.24) is 4.98 Å². The first-order valence-corrected chi connectivity index (χ1v) is 5.70. The monoisotopic (exact) mass is 258 g/mol. The lowest BCUT2D eigenvalue weighted by atomic mass is 10.2. The predicted molar refractivity (Wildman–Crippen MR) is 70.1 cm³/mol. The fourth-order valence-electron chi connectivity index (χ4n) is 1.58. The van der Waals surface area contributed by atoms with Gasteiger partial charge in [0.15, 0.2) is 11.5 Å². The highest BCUT2D eigenvalue weighted by Gasteiger charge is 2.08. The molecular weight excluding hydrogens is 244 g/mol. The van der Waals surface area contributed by atoms with Crippen LogP contribution >= 0.6 is 0 Å². The predicted octanol–water partition coefficient (Wildman–Crippen LogP) is 1.77. The highest BCUT2D eigenvalue weighted by Crippen LogP contribution is 2.28. The number of benzene rings is 1. The van der Waals surface area contributed by atoms with Gasteiger partial charge in [-0.05, 0) is 24.3 Å². The van der Waals surface area contributed by atoms with Gasteiger partial charge in [0.25, 0.3) is 0 Å². The quantitative estimate of drug-likeness (QED) is 0.886. The van der Waals surface area contributed by atoms with Crippen molar-refractivity contribution in [2.75, 3.05) is 7.11 Å². The second-order valence-electron chi connectivity index (χ2n) is 3.88. The number of hydrogen-bond acceptors (Lipinski definition) is 4. The first-order chi connectivity index (χ1) is 9.20. The van der Waals surface area contributed by atoms with Crippen molar-refractivity contribution in [3.8, 4) is 11.5 Å². The van der Waals surface area contributed by atoms with E-state index in [0.717, 1.165) is 5.56 Å². The molecule has 1 amide bonds. The Bertz CT molecular complexity index is 570. The number of carbonyl (C=O) groups is 1. The lowest BCUT2D eigenvalue weighted by Gasteiger charge is -2.11. The summed E-state index contributed by atoms with van der Waals surface area (Å²) in [5.41, 5.74) is 6.54. The molecule has 0 fully saturated rings. The Morgan fingerprint density at radius 3 is 2.79 bits per heavy atom. The second kappa shape index (κ2) is 5.86. The largest absolute Gasteiger partial charge is 0.493 e. The molecule has 2 N–H and O–H groups in total. The lowest BCUT2D eigenvalue weighted by molar-refractivity contribution is 0.1000. The molecule has 0 aliphatic carbocycles. The third-order valence-electron chi connectivity index (χ3n) is 2.57. The van der Waals surface area contributed by atoms with Crippen LogP contribution in [0, 0.1) is 0 Å². The fraction of sp³-hybridized carbons (Fsp3) is 0.143. The summed E-state index contributed by atoms with van der Waals surface area (Å²) in [5, 5.41) is 0. The third-order valence-corrected chi connectivity index (χ3v) is 2.57. The molecule has 0 atom stereocenters. The Morgan fingerprint density at radius 1 is 1.32 bits per heavy atom. The van der Waals surface area contributed by atoms with E-state index in [9.17, 15) is 4.79 Å². The molecule has 1 heterocycles. The van der Waals surface area contributed by atoms with E-state index in [1.54, 1.807) is 30.6 Å². The molecule has 0 radical (unpaired) electrons. The molecule has 0 bridgehead atoms. The summed E-state index contributed by atoms with van der Waals surface area (Å²) >= 11 is 0. The Morgan fingerprint density at radius 2 is 2.16 bits per heavy atom. The highest BCUT2D eigenvalue weighted by atomic mass is 16.5. The summed E-state index contributed by atoms with van der Waals surface area (Å²) in [6, 6.07) is 8.57. The van der Waals surface area contributed by atoms with Crippen LogP contribution < -0.4 is 15.2 Å². The minimum atomic E-state index is -0.503. The average molecular weight is 258 g/mol. The zero-order valence-corrected chi connectivity index (χ0v) is 10.5. The van der Waals surface area contributed by atoms with Crippen LogP contribution in [0.5, 0.6) is 11.5 Å². The van der Waals surface area contributed by atoms with Crippen LogP contribution in [-0.4, -0.2) is 18.0 Å². The topological polar surface area (TPSA) is 74.4 Å². The van der Waals surface area contributed by atoms with Gasteiger partial charge in [0, 0.05) is 23.5 Å². The van der Waals surface area contributed by atoms with Crippen molar-refractivity contribution >= 4 is 5.91 Å². The van der Waals surface area contributed by atoms with Crippen LogP contribution in [0.15, 0.2) is 42.7 Å². The summed E-state index contributed by atoms with van der Waals surface area (Å²) < 4.78 is 10.8. The number of ether oxygens (including phenoxy) is 2. The van der Waals surface area contributed by atoms with Gasteiger partial charge in [-0.1, -0.05) is 6.07 Å². The van der Waals surface area contributed by atoms with Gasteiger partial charge in [0.05, 0.1) is 7.11 Å². The van der Waals surface area contributed by atoms with E-state index in [4.69, 9.17) is 15.2 Å². The minimum Gasteiger partial charge on any atom is -0.493 e. The molecule has 0 saturated heterocycles. The zero-order chi connectivity index (χ0) is 13.7. The Kier molecular flexibility index (Phi) is 3.97. The van der Waals surface area contributed by atoms with E-state index < -0.39 is 5.91 Å². The van der Waals surface area contributed by atoms with Crippen LogP contribution in [0.2, 0.25) is 0 Å². The number of primary amides is 1. The number of amides is 1. The van der Waals surface area contributed by atoms with Gasteiger partial charge >= 0.3 is 0 Å². The van der Waals surface area contributed by atoms with Crippen LogP contribution in [0.25, 0.3) is 0 Å². The highest BCUT2D eigenvalue weighted by molar-refractivity contribution is 5.93. The van der Waals surface area contributed by atoms with Crippen molar-refractivity contribution in [3.63, 3.8) is 0 Å². The summed E-state index contributed by atoms with van der Waals surface area (Å²) in [4.78, 5) is 15.1. The van der Waals surface area contributed by atoms with Crippen LogP contribution in [0.1, 0.15) is 15.9 Å². The van der Waals surface area contributed by atoms with Gasteiger partial charge in [0.1, 0.15) is 6.61 Å². The molecule has 0 unspecified atom stereocenters. The smallest absolute Gasteiger partial charge is 0.248 e. The van der Waals surface area contributed by atoms with Crippen molar-refractivity contribution in [1.29, 1.82) is 0 Å². The first kappa shape index (κ1) is 12.9. The number of rotatable bonds is 5. The molecule has 0 saturated carbocycles. The molecular formula is C14H14N2O3. The summed E-state index contributed by atoms with van der Waals surface area (Å²) in [7, 11) is 1.51.